The number of benzene rings is 1. The SMILES string of the molecule is COc1cccc(N/C(SC)=C(\C#N)S(=O)(=O)C(C)C)c1. The molecule has 5 nitrogen and oxygen atoms in total. The van der Waals surface area contributed by atoms with Gasteiger partial charge in [-0.05, 0) is 32.2 Å². The number of anilines is 1. The van der Waals surface area contributed by atoms with Gasteiger partial charge in [0, 0.05) is 11.8 Å². The number of rotatable bonds is 6. The lowest BCUT2D eigenvalue weighted by molar-refractivity contribution is 0.415. The number of allylic oxidation sites excluding steroid dienone is 1. The van der Waals surface area contributed by atoms with Crippen LogP contribution in [0.4, 0.5) is 5.69 Å². The third kappa shape index (κ3) is 4.16. The minimum atomic E-state index is -3.63. The first-order chi connectivity index (χ1) is 9.86. The molecule has 0 fully saturated rings. The van der Waals surface area contributed by atoms with Gasteiger partial charge in [-0.25, -0.2) is 8.42 Å². The van der Waals surface area contributed by atoms with Crippen molar-refractivity contribution in [1.29, 1.82) is 5.26 Å². The van der Waals surface area contributed by atoms with Crippen LogP contribution < -0.4 is 10.1 Å². The van der Waals surface area contributed by atoms with E-state index < -0.39 is 15.1 Å². The molecule has 1 aromatic carbocycles. The predicted molar refractivity (Wildman–Crippen MR) is 86.8 cm³/mol. The summed E-state index contributed by atoms with van der Waals surface area (Å²) in [5, 5.41) is 11.9. The van der Waals surface area contributed by atoms with Crippen molar-refractivity contribution in [2.24, 2.45) is 0 Å². The monoisotopic (exact) mass is 326 g/mol. The van der Waals surface area contributed by atoms with Gasteiger partial charge in [-0.15, -0.1) is 11.8 Å². The largest absolute Gasteiger partial charge is 0.497 e. The Balaban J connectivity index is 3.27. The summed E-state index contributed by atoms with van der Waals surface area (Å²) < 4.78 is 29.5. The van der Waals surface area contributed by atoms with Gasteiger partial charge in [0.05, 0.1) is 12.4 Å². The predicted octanol–water partition coefficient (Wildman–Crippen LogP) is 2.99. The van der Waals surface area contributed by atoms with E-state index in [2.05, 4.69) is 5.32 Å². The molecule has 7 heteroatoms. The topological polar surface area (TPSA) is 79.2 Å². The number of nitrogens with zero attached hydrogens (tertiary/aromatic N) is 1. The van der Waals surface area contributed by atoms with E-state index in [1.165, 1.54) is 11.8 Å². The Labute approximate surface area is 129 Å². The number of methoxy groups -OCH3 is 1. The summed E-state index contributed by atoms with van der Waals surface area (Å²) in [4.78, 5) is -0.243. The van der Waals surface area contributed by atoms with Gasteiger partial charge < -0.3 is 10.1 Å². The summed E-state index contributed by atoms with van der Waals surface area (Å²) in [7, 11) is -2.08. The van der Waals surface area contributed by atoms with E-state index >= 15 is 0 Å². The fourth-order valence-corrected chi connectivity index (χ4v) is 3.47. The van der Waals surface area contributed by atoms with Crippen molar-refractivity contribution in [3.8, 4) is 11.8 Å². The van der Waals surface area contributed by atoms with Crippen LogP contribution in [0.5, 0.6) is 5.75 Å². The van der Waals surface area contributed by atoms with Crippen molar-refractivity contribution in [1.82, 2.24) is 0 Å². The minimum absolute atomic E-state index is 0.243. The number of thioether (sulfide) groups is 1. The fraction of sp³-hybridized carbons (Fsp3) is 0.357. The van der Waals surface area contributed by atoms with Gasteiger partial charge >= 0.3 is 0 Å². The second-order valence-electron chi connectivity index (χ2n) is 4.42. The lowest BCUT2D eigenvalue weighted by atomic mass is 10.3. The summed E-state index contributed by atoms with van der Waals surface area (Å²) in [5.41, 5.74) is 0.658. The molecule has 1 N–H and O–H groups in total. The number of hydrogen-bond acceptors (Lipinski definition) is 6. The molecule has 0 aliphatic heterocycles. The molecule has 0 heterocycles. The van der Waals surface area contributed by atoms with Crippen LogP contribution in [0.15, 0.2) is 34.2 Å². The van der Waals surface area contributed by atoms with E-state index in [1.807, 2.05) is 0 Å². The third-order valence-corrected chi connectivity index (χ3v) is 5.69. The van der Waals surface area contributed by atoms with Gasteiger partial charge in [-0.1, -0.05) is 6.07 Å². The molecular formula is C14H18N2O3S2. The average Bonchev–Trinajstić information content (AvgIpc) is 2.46. The second-order valence-corrected chi connectivity index (χ2v) is 7.68. The highest BCUT2D eigenvalue weighted by atomic mass is 32.2. The third-order valence-electron chi connectivity index (χ3n) is 2.74. The van der Waals surface area contributed by atoms with E-state index in [9.17, 15) is 13.7 Å². The zero-order chi connectivity index (χ0) is 16.0. The van der Waals surface area contributed by atoms with Crippen LogP contribution in [0.3, 0.4) is 0 Å². The van der Waals surface area contributed by atoms with Crippen LogP contribution in [0.1, 0.15) is 13.8 Å². The Morgan fingerprint density at radius 2 is 2.10 bits per heavy atom. The van der Waals surface area contributed by atoms with Gasteiger partial charge in [-0.3, -0.25) is 0 Å². The Morgan fingerprint density at radius 1 is 1.43 bits per heavy atom. The van der Waals surface area contributed by atoms with Gasteiger partial charge in [0.2, 0.25) is 0 Å². The highest BCUT2D eigenvalue weighted by Crippen LogP contribution is 2.27. The first kappa shape index (κ1) is 17.4. The molecule has 21 heavy (non-hydrogen) atoms. The van der Waals surface area contributed by atoms with Gasteiger partial charge in [0.1, 0.15) is 16.8 Å². The molecule has 114 valence electrons. The summed E-state index contributed by atoms with van der Waals surface area (Å²) in [6, 6.07) is 8.86. The lowest BCUT2D eigenvalue weighted by Gasteiger charge is -2.14. The maximum Gasteiger partial charge on any atom is 0.193 e. The van der Waals surface area contributed by atoms with E-state index in [4.69, 9.17) is 4.74 Å². The summed E-state index contributed by atoms with van der Waals surface area (Å²) in [6.07, 6.45) is 1.72. The highest BCUT2D eigenvalue weighted by molar-refractivity contribution is 8.04. The number of nitriles is 1. The van der Waals surface area contributed by atoms with Gasteiger partial charge in [-0.2, -0.15) is 5.26 Å². The molecule has 0 spiro atoms. The molecule has 0 aliphatic carbocycles. The summed E-state index contributed by atoms with van der Waals surface area (Å²) in [5.74, 6) is 0.644. The smallest absolute Gasteiger partial charge is 0.193 e. The lowest BCUT2D eigenvalue weighted by Crippen LogP contribution is -2.18. The van der Waals surface area contributed by atoms with Gasteiger partial charge in [0.15, 0.2) is 14.7 Å². The molecule has 0 unspecified atom stereocenters. The molecule has 0 aliphatic rings. The quantitative estimate of drug-likeness (QED) is 0.810. The molecule has 0 aromatic heterocycles. The number of nitrogens with one attached hydrogen (secondary N) is 1. The molecular weight excluding hydrogens is 308 g/mol. The van der Waals surface area contributed by atoms with E-state index in [0.29, 0.717) is 16.5 Å². The molecule has 1 rings (SSSR count). The number of sulfone groups is 1. The normalized spacial score (nSPS) is 12.6. The molecule has 0 atom stereocenters. The van der Waals surface area contributed by atoms with Crippen molar-refractivity contribution in [2.75, 3.05) is 18.7 Å². The Bertz CT molecular complexity index is 674. The minimum Gasteiger partial charge on any atom is -0.497 e. The van der Waals surface area contributed by atoms with Crippen molar-refractivity contribution >= 4 is 27.3 Å². The van der Waals surface area contributed by atoms with Crippen LogP contribution in [-0.2, 0) is 9.84 Å². The Morgan fingerprint density at radius 3 is 2.57 bits per heavy atom. The van der Waals surface area contributed by atoms with Crippen molar-refractivity contribution in [2.45, 2.75) is 19.1 Å². The van der Waals surface area contributed by atoms with Crippen molar-refractivity contribution < 1.29 is 13.2 Å². The number of hydrogen-bond donors (Lipinski definition) is 1. The summed E-state index contributed by atoms with van der Waals surface area (Å²) >= 11 is 1.18. The van der Waals surface area contributed by atoms with Crippen LogP contribution in [0.2, 0.25) is 0 Å². The van der Waals surface area contributed by atoms with Crippen LogP contribution in [-0.4, -0.2) is 27.0 Å². The molecule has 0 amide bonds. The van der Waals surface area contributed by atoms with Gasteiger partial charge in [0.25, 0.3) is 0 Å². The standard InChI is InChI=1S/C14H18N2O3S2/c1-10(2)21(17,18)13(9-15)14(20-4)16-11-6-5-7-12(8-11)19-3/h5-8,10,16H,1-4H3/b14-13-. The fourth-order valence-electron chi connectivity index (χ4n) is 1.51. The van der Waals surface area contributed by atoms with Crippen LogP contribution in [0.25, 0.3) is 0 Å². The Kier molecular flexibility index (Phi) is 6.12. The van der Waals surface area contributed by atoms with Crippen LogP contribution in [0, 0.1) is 11.3 Å². The van der Waals surface area contributed by atoms with E-state index in [1.54, 1.807) is 57.5 Å². The van der Waals surface area contributed by atoms with Crippen LogP contribution >= 0.6 is 11.8 Å². The summed E-state index contributed by atoms with van der Waals surface area (Å²) in [6.45, 7) is 3.10. The average molecular weight is 326 g/mol. The second kappa shape index (κ2) is 7.38. The molecule has 0 bridgehead atoms. The highest BCUT2D eigenvalue weighted by Gasteiger charge is 2.26. The first-order valence-corrected chi connectivity index (χ1v) is 8.97. The first-order valence-electron chi connectivity index (χ1n) is 6.20. The molecule has 1 aromatic rings. The van der Waals surface area contributed by atoms with Crippen molar-refractivity contribution in [3.05, 3.63) is 34.2 Å². The molecule has 0 saturated carbocycles. The Hall–Kier alpha value is -1.65. The van der Waals surface area contributed by atoms with E-state index in [-0.39, 0.29) is 4.91 Å². The maximum absolute atomic E-state index is 12.2. The maximum atomic E-state index is 12.2. The zero-order valence-corrected chi connectivity index (χ0v) is 14.0. The van der Waals surface area contributed by atoms with Crippen molar-refractivity contribution in [3.63, 3.8) is 0 Å². The number of ether oxygens (including phenoxy) is 1. The van der Waals surface area contributed by atoms with E-state index in [0.717, 1.165) is 0 Å². The molecule has 0 saturated heterocycles. The zero-order valence-electron chi connectivity index (χ0n) is 12.4. The molecule has 0 radical (unpaired) electrons.